The molecule has 0 unspecified atom stereocenters. The van der Waals surface area contributed by atoms with Crippen molar-refractivity contribution in [1.82, 2.24) is 4.98 Å². The maximum Gasteiger partial charge on any atom is 0.417 e. The van der Waals surface area contributed by atoms with E-state index in [4.69, 9.17) is 21.1 Å². The van der Waals surface area contributed by atoms with Crippen molar-refractivity contribution in [3.05, 3.63) is 46.6 Å². The largest absolute Gasteiger partial charge is 0.493 e. The average molecular weight is 374 g/mol. The third-order valence-corrected chi connectivity index (χ3v) is 3.33. The van der Waals surface area contributed by atoms with Crippen molar-refractivity contribution in [2.75, 3.05) is 19.1 Å². The summed E-state index contributed by atoms with van der Waals surface area (Å²) in [5.41, 5.74) is 2.27. The number of benzene rings is 1. The highest BCUT2D eigenvalue weighted by molar-refractivity contribution is 6.32. The third-order valence-electron chi connectivity index (χ3n) is 3.04. The van der Waals surface area contributed by atoms with Gasteiger partial charge >= 0.3 is 6.18 Å². The minimum Gasteiger partial charge on any atom is -0.493 e. The Kier molecular flexibility index (Phi) is 6.08. The van der Waals surface area contributed by atoms with Crippen LogP contribution in [0.25, 0.3) is 0 Å². The van der Waals surface area contributed by atoms with E-state index >= 15 is 0 Å². The summed E-state index contributed by atoms with van der Waals surface area (Å²) < 4.78 is 48.3. The van der Waals surface area contributed by atoms with Gasteiger partial charge in [-0.2, -0.15) is 18.3 Å². The Labute approximate surface area is 147 Å². The van der Waals surface area contributed by atoms with E-state index in [2.05, 4.69) is 15.5 Å². The number of pyridine rings is 1. The van der Waals surface area contributed by atoms with Gasteiger partial charge in [0.2, 0.25) is 0 Å². The second-order valence-electron chi connectivity index (χ2n) is 4.77. The fourth-order valence-corrected chi connectivity index (χ4v) is 2.09. The van der Waals surface area contributed by atoms with E-state index in [1.807, 2.05) is 6.92 Å². The number of nitrogens with zero attached hydrogens (tertiary/aromatic N) is 2. The van der Waals surface area contributed by atoms with Crippen LogP contribution in [0.2, 0.25) is 5.02 Å². The van der Waals surface area contributed by atoms with Crippen LogP contribution in [0.5, 0.6) is 11.5 Å². The van der Waals surface area contributed by atoms with Crippen LogP contribution in [-0.2, 0) is 6.18 Å². The Morgan fingerprint density at radius 3 is 2.64 bits per heavy atom. The fraction of sp³-hybridized carbons (Fsp3) is 0.250. The van der Waals surface area contributed by atoms with Gasteiger partial charge in [0.1, 0.15) is 0 Å². The van der Waals surface area contributed by atoms with Crippen molar-refractivity contribution >= 4 is 23.6 Å². The molecule has 0 saturated carbocycles. The molecule has 0 radical (unpaired) electrons. The highest BCUT2D eigenvalue weighted by Gasteiger charge is 2.31. The minimum absolute atomic E-state index is 0.0174. The molecule has 1 N–H and O–H groups in total. The highest BCUT2D eigenvalue weighted by atomic mass is 35.5. The first-order chi connectivity index (χ1) is 11.8. The molecular formula is C16H15ClF3N3O2. The number of nitrogens with one attached hydrogen (secondary N) is 1. The molecule has 9 heteroatoms. The maximum absolute atomic E-state index is 12.6. The van der Waals surface area contributed by atoms with Gasteiger partial charge in [-0.3, -0.25) is 5.43 Å². The van der Waals surface area contributed by atoms with Gasteiger partial charge in [-0.1, -0.05) is 11.6 Å². The summed E-state index contributed by atoms with van der Waals surface area (Å²) in [6.07, 6.45) is -2.37. The van der Waals surface area contributed by atoms with Crippen LogP contribution in [0.15, 0.2) is 35.6 Å². The lowest BCUT2D eigenvalue weighted by atomic mass is 10.2. The highest BCUT2D eigenvalue weighted by Crippen LogP contribution is 2.32. The molecule has 0 aliphatic heterocycles. The smallest absolute Gasteiger partial charge is 0.417 e. The first kappa shape index (κ1) is 18.9. The van der Waals surface area contributed by atoms with Crippen LogP contribution in [0.1, 0.15) is 18.1 Å². The van der Waals surface area contributed by atoms with Gasteiger partial charge in [0.15, 0.2) is 17.3 Å². The zero-order valence-electron chi connectivity index (χ0n) is 13.4. The number of alkyl halides is 3. The van der Waals surface area contributed by atoms with E-state index in [9.17, 15) is 13.2 Å². The lowest BCUT2D eigenvalue weighted by Gasteiger charge is -2.09. The number of hydrazone groups is 1. The summed E-state index contributed by atoms with van der Waals surface area (Å²) in [5.74, 6) is 1.16. The maximum atomic E-state index is 12.6. The van der Waals surface area contributed by atoms with Crippen LogP contribution >= 0.6 is 11.6 Å². The quantitative estimate of drug-likeness (QED) is 0.593. The molecule has 1 aromatic carbocycles. The van der Waals surface area contributed by atoms with E-state index in [1.54, 1.807) is 18.2 Å². The van der Waals surface area contributed by atoms with Crippen molar-refractivity contribution < 1.29 is 22.6 Å². The predicted octanol–water partition coefficient (Wildman–Crippen LogP) is 4.61. The zero-order valence-corrected chi connectivity index (χ0v) is 14.1. The molecule has 25 heavy (non-hydrogen) atoms. The summed E-state index contributed by atoms with van der Waals surface area (Å²) in [6.45, 7) is 2.36. The molecule has 0 atom stereocenters. The molecule has 1 heterocycles. The van der Waals surface area contributed by atoms with Gasteiger partial charge < -0.3 is 9.47 Å². The number of halogens is 4. The lowest BCUT2D eigenvalue weighted by molar-refractivity contribution is -0.137. The van der Waals surface area contributed by atoms with Crippen molar-refractivity contribution in [3.8, 4) is 11.5 Å². The topological polar surface area (TPSA) is 55.7 Å². The summed E-state index contributed by atoms with van der Waals surface area (Å²) in [6, 6.07) is 5.97. The molecule has 0 fully saturated rings. The Balaban J connectivity index is 2.11. The predicted molar refractivity (Wildman–Crippen MR) is 89.6 cm³/mol. The molecular weight excluding hydrogens is 359 g/mol. The zero-order chi connectivity index (χ0) is 18.4. The molecule has 1 aromatic heterocycles. The van der Waals surface area contributed by atoms with Crippen molar-refractivity contribution in [1.29, 1.82) is 0 Å². The van der Waals surface area contributed by atoms with Crippen LogP contribution in [-0.4, -0.2) is 24.9 Å². The van der Waals surface area contributed by atoms with Crippen LogP contribution < -0.4 is 14.9 Å². The Bertz CT molecular complexity index is 767. The van der Waals surface area contributed by atoms with Gasteiger partial charge in [-0.05, 0) is 36.8 Å². The average Bonchev–Trinajstić information content (AvgIpc) is 2.56. The number of hydrogen-bond acceptors (Lipinski definition) is 5. The van der Waals surface area contributed by atoms with Crippen molar-refractivity contribution in [3.63, 3.8) is 0 Å². The van der Waals surface area contributed by atoms with Crippen LogP contribution in [0.4, 0.5) is 19.0 Å². The van der Waals surface area contributed by atoms with E-state index in [-0.39, 0.29) is 10.8 Å². The van der Waals surface area contributed by atoms with Crippen LogP contribution in [0, 0.1) is 0 Å². The second-order valence-corrected chi connectivity index (χ2v) is 5.17. The number of aromatic nitrogens is 1. The molecule has 0 saturated heterocycles. The van der Waals surface area contributed by atoms with Crippen LogP contribution in [0.3, 0.4) is 0 Å². The van der Waals surface area contributed by atoms with E-state index < -0.39 is 11.7 Å². The van der Waals surface area contributed by atoms with E-state index in [0.717, 1.165) is 6.07 Å². The molecule has 0 bridgehead atoms. The number of hydrogen-bond donors (Lipinski definition) is 1. The Hall–Kier alpha value is -2.48. The summed E-state index contributed by atoms with van der Waals surface area (Å²) >= 11 is 5.78. The van der Waals surface area contributed by atoms with Gasteiger partial charge in [-0.25, -0.2) is 4.98 Å². The number of anilines is 1. The number of methoxy groups -OCH3 is 1. The summed E-state index contributed by atoms with van der Waals surface area (Å²) in [5, 5.41) is 3.73. The molecule has 5 nitrogen and oxygen atoms in total. The molecule has 0 aliphatic rings. The van der Waals surface area contributed by atoms with Gasteiger partial charge in [0, 0.05) is 6.20 Å². The lowest BCUT2D eigenvalue weighted by Crippen LogP contribution is -2.06. The normalized spacial score (nSPS) is 11.6. The number of rotatable bonds is 6. The standard InChI is InChI=1S/C16H15ClF3N3O2/c1-3-25-13-5-4-10(6-14(13)24-2)8-22-23-15-12(17)7-11(9-21-15)16(18,19)20/h4-9H,3H2,1-2H3,(H,21,23). The van der Waals surface area contributed by atoms with Gasteiger partial charge in [-0.15, -0.1) is 0 Å². The molecule has 2 rings (SSSR count). The summed E-state index contributed by atoms with van der Waals surface area (Å²) in [4.78, 5) is 3.63. The minimum atomic E-state index is -4.50. The molecule has 0 aliphatic carbocycles. The molecule has 2 aromatic rings. The molecule has 134 valence electrons. The first-order valence-electron chi connectivity index (χ1n) is 7.17. The van der Waals surface area contributed by atoms with Gasteiger partial charge in [0.05, 0.1) is 30.5 Å². The van der Waals surface area contributed by atoms with E-state index in [0.29, 0.717) is 29.9 Å². The van der Waals surface area contributed by atoms with Gasteiger partial charge in [0.25, 0.3) is 0 Å². The molecule has 0 spiro atoms. The summed E-state index contributed by atoms with van der Waals surface area (Å²) in [7, 11) is 1.52. The van der Waals surface area contributed by atoms with Crippen molar-refractivity contribution in [2.24, 2.45) is 5.10 Å². The fourth-order valence-electron chi connectivity index (χ4n) is 1.88. The first-order valence-corrected chi connectivity index (χ1v) is 7.55. The molecule has 0 amide bonds. The van der Waals surface area contributed by atoms with E-state index in [1.165, 1.54) is 13.3 Å². The SMILES string of the molecule is CCOc1ccc(C=NNc2ncc(C(F)(F)F)cc2Cl)cc1OC. The monoisotopic (exact) mass is 373 g/mol. The Morgan fingerprint density at radius 2 is 2.04 bits per heavy atom. The van der Waals surface area contributed by atoms with Crippen molar-refractivity contribution in [2.45, 2.75) is 13.1 Å². The third kappa shape index (κ3) is 4.99. The Morgan fingerprint density at radius 1 is 1.28 bits per heavy atom. The second kappa shape index (κ2) is 8.06. The number of ether oxygens (including phenoxy) is 2.